The minimum absolute atomic E-state index is 0.366. The third-order valence-corrected chi connectivity index (χ3v) is 6.65. The fourth-order valence-corrected chi connectivity index (χ4v) is 4.66. The number of hydrogen-bond donors (Lipinski definition) is 3. The summed E-state index contributed by atoms with van der Waals surface area (Å²) in [7, 11) is 1.84. The van der Waals surface area contributed by atoms with Gasteiger partial charge in [0.2, 0.25) is 0 Å². The molecule has 0 saturated heterocycles. The molecule has 4 rings (SSSR count). The van der Waals surface area contributed by atoms with Crippen molar-refractivity contribution in [2.24, 2.45) is 7.05 Å². The van der Waals surface area contributed by atoms with Crippen LogP contribution < -0.4 is 10.6 Å². The van der Waals surface area contributed by atoms with E-state index < -0.39 is 12.0 Å². The summed E-state index contributed by atoms with van der Waals surface area (Å²) in [5, 5.41) is 20.8. The average molecular weight is 464 g/mol. The highest BCUT2D eigenvalue weighted by atomic mass is 16.4. The third kappa shape index (κ3) is 5.92. The number of nitrogens with one attached hydrogen (secondary N) is 2. The molecule has 0 saturated carbocycles. The number of nitrogens with zero attached hydrogens (tertiary/aromatic N) is 3. The molecule has 3 N–H and O–H groups in total. The molecule has 1 amide bonds. The van der Waals surface area contributed by atoms with Crippen molar-refractivity contribution in [3.63, 3.8) is 0 Å². The van der Waals surface area contributed by atoms with Crippen LogP contribution in [0, 0.1) is 0 Å². The lowest BCUT2D eigenvalue weighted by Gasteiger charge is -2.26. The van der Waals surface area contributed by atoms with Gasteiger partial charge in [0, 0.05) is 30.2 Å². The van der Waals surface area contributed by atoms with Crippen LogP contribution in [0.15, 0.2) is 42.7 Å². The van der Waals surface area contributed by atoms with Crippen LogP contribution in [-0.4, -0.2) is 43.8 Å². The summed E-state index contributed by atoms with van der Waals surface area (Å²) in [6.45, 7) is 0. The summed E-state index contributed by atoms with van der Waals surface area (Å²) in [4.78, 5) is 28.7. The first-order valence-corrected chi connectivity index (χ1v) is 12.2. The van der Waals surface area contributed by atoms with Crippen molar-refractivity contribution >= 4 is 28.6 Å². The van der Waals surface area contributed by atoms with Crippen LogP contribution >= 0.6 is 0 Å². The zero-order valence-corrected chi connectivity index (χ0v) is 19.7. The van der Waals surface area contributed by atoms with Crippen LogP contribution in [0.4, 0.5) is 5.82 Å². The number of hydrogen-bond acceptors (Lipinski definition) is 5. The second-order valence-electron chi connectivity index (χ2n) is 9.14. The van der Waals surface area contributed by atoms with E-state index in [1.165, 1.54) is 5.56 Å². The number of fused-ring (bicyclic) bond motifs is 2. The Labute approximate surface area is 199 Å². The number of anilines is 1. The number of unbranched alkanes of at least 4 members (excludes halogenated alkanes) is 4. The van der Waals surface area contributed by atoms with E-state index in [1.54, 1.807) is 23.0 Å². The number of carboxylic acid groups (broad SMARTS) is 1. The van der Waals surface area contributed by atoms with Gasteiger partial charge in [-0.2, -0.15) is 5.10 Å². The quantitative estimate of drug-likeness (QED) is 0.366. The van der Waals surface area contributed by atoms with Gasteiger partial charge >= 0.3 is 5.97 Å². The molecule has 0 aliphatic carbocycles. The van der Waals surface area contributed by atoms with E-state index >= 15 is 0 Å². The van der Waals surface area contributed by atoms with E-state index in [0.29, 0.717) is 18.0 Å². The Morgan fingerprint density at radius 1 is 1.21 bits per heavy atom. The number of aryl methyl sites for hydroxylation is 2. The summed E-state index contributed by atoms with van der Waals surface area (Å²) in [5.41, 5.74) is 2.67. The Bertz CT molecular complexity index is 1140. The van der Waals surface area contributed by atoms with Gasteiger partial charge in [-0.15, -0.1) is 0 Å². The van der Waals surface area contributed by atoms with E-state index in [9.17, 15) is 14.7 Å². The van der Waals surface area contributed by atoms with Crippen LogP contribution in [0.5, 0.6) is 0 Å². The van der Waals surface area contributed by atoms with Crippen molar-refractivity contribution in [2.45, 2.75) is 69.9 Å². The van der Waals surface area contributed by atoms with Gasteiger partial charge in [0.25, 0.3) is 5.91 Å². The van der Waals surface area contributed by atoms with Gasteiger partial charge < -0.3 is 15.7 Å². The number of aromatic nitrogens is 3. The fraction of sp³-hybridized carbons (Fsp3) is 0.462. The van der Waals surface area contributed by atoms with Crippen molar-refractivity contribution < 1.29 is 14.7 Å². The minimum atomic E-state index is -0.993. The smallest absolute Gasteiger partial charge is 0.326 e. The molecule has 0 radical (unpaired) electrons. The van der Waals surface area contributed by atoms with Gasteiger partial charge in [0.1, 0.15) is 11.9 Å². The SMILES string of the molecule is Cn1ncc2cc(C(=O)N[C@@H](CCCCCCCC3CCc4cccnc4N3)C(=O)O)ccc21. The third-order valence-electron chi connectivity index (χ3n) is 6.65. The molecule has 2 aromatic heterocycles. The van der Waals surface area contributed by atoms with Gasteiger partial charge in [0.15, 0.2) is 0 Å². The van der Waals surface area contributed by atoms with Gasteiger partial charge in [-0.3, -0.25) is 9.48 Å². The van der Waals surface area contributed by atoms with Crippen LogP contribution in [0.1, 0.15) is 67.3 Å². The number of carboxylic acids is 1. The topological polar surface area (TPSA) is 109 Å². The second kappa shape index (κ2) is 11.1. The second-order valence-corrected chi connectivity index (χ2v) is 9.14. The maximum atomic E-state index is 12.6. The van der Waals surface area contributed by atoms with E-state index in [1.807, 2.05) is 25.4 Å². The molecule has 1 unspecified atom stereocenters. The Morgan fingerprint density at radius 3 is 2.88 bits per heavy atom. The van der Waals surface area contributed by atoms with Crippen molar-refractivity contribution in [2.75, 3.05) is 5.32 Å². The van der Waals surface area contributed by atoms with Crippen molar-refractivity contribution in [1.82, 2.24) is 20.1 Å². The summed E-state index contributed by atoms with van der Waals surface area (Å²) < 4.78 is 1.74. The maximum Gasteiger partial charge on any atom is 0.326 e. The Balaban J connectivity index is 1.14. The Morgan fingerprint density at radius 2 is 2.03 bits per heavy atom. The number of rotatable bonds is 11. The summed E-state index contributed by atoms with van der Waals surface area (Å²) in [6.07, 6.45) is 12.4. The van der Waals surface area contributed by atoms with Crippen molar-refractivity contribution in [1.29, 1.82) is 0 Å². The minimum Gasteiger partial charge on any atom is -0.480 e. The van der Waals surface area contributed by atoms with Gasteiger partial charge in [-0.1, -0.05) is 38.2 Å². The number of pyridine rings is 1. The monoisotopic (exact) mass is 463 g/mol. The highest BCUT2D eigenvalue weighted by Crippen LogP contribution is 2.24. The molecule has 0 spiro atoms. The lowest BCUT2D eigenvalue weighted by molar-refractivity contribution is -0.139. The first-order valence-electron chi connectivity index (χ1n) is 12.2. The molecular formula is C26H33N5O3. The fourth-order valence-electron chi connectivity index (χ4n) is 4.66. The highest BCUT2D eigenvalue weighted by Gasteiger charge is 2.21. The van der Waals surface area contributed by atoms with Crippen molar-refractivity contribution in [3.8, 4) is 0 Å². The molecule has 3 heterocycles. The number of carbonyl (C=O) groups is 2. The lowest BCUT2D eigenvalue weighted by atomic mass is 9.96. The molecule has 1 aliphatic rings. The van der Waals surface area contributed by atoms with E-state index in [-0.39, 0.29) is 5.91 Å². The number of amides is 1. The summed E-state index contributed by atoms with van der Waals surface area (Å²) in [5.74, 6) is -0.330. The molecule has 0 bridgehead atoms. The summed E-state index contributed by atoms with van der Waals surface area (Å²) in [6, 6.07) is 9.00. The summed E-state index contributed by atoms with van der Waals surface area (Å²) >= 11 is 0. The Kier molecular flexibility index (Phi) is 7.77. The largest absolute Gasteiger partial charge is 0.480 e. The average Bonchev–Trinajstić information content (AvgIpc) is 3.22. The maximum absolute atomic E-state index is 12.6. The zero-order chi connectivity index (χ0) is 23.9. The zero-order valence-electron chi connectivity index (χ0n) is 19.7. The van der Waals surface area contributed by atoms with Crippen LogP contribution in [0.2, 0.25) is 0 Å². The predicted molar refractivity (Wildman–Crippen MR) is 132 cm³/mol. The van der Waals surface area contributed by atoms with E-state index in [2.05, 4.69) is 26.8 Å². The molecule has 34 heavy (non-hydrogen) atoms. The standard InChI is InChI=1S/C26H33N5O3/c1-31-23-14-12-19(16-20(23)17-28-31)25(32)30-22(26(33)34)10-6-4-2-3-5-9-21-13-11-18-8-7-15-27-24(18)29-21/h7-8,12,14-17,21-22H,2-6,9-11,13H2,1H3,(H,27,29)(H,30,32)(H,33,34)/t21?,22-/m0/s1. The highest BCUT2D eigenvalue weighted by molar-refractivity contribution is 5.99. The van der Waals surface area contributed by atoms with Gasteiger partial charge in [0.05, 0.1) is 11.7 Å². The lowest BCUT2D eigenvalue weighted by Crippen LogP contribution is -2.40. The van der Waals surface area contributed by atoms with Crippen LogP contribution in [-0.2, 0) is 18.3 Å². The molecule has 0 fully saturated rings. The first kappa shape index (κ1) is 23.7. The number of carbonyl (C=O) groups excluding carboxylic acids is 1. The normalized spacial score (nSPS) is 16.0. The van der Waals surface area contributed by atoms with Crippen LogP contribution in [0.25, 0.3) is 10.9 Å². The van der Waals surface area contributed by atoms with Gasteiger partial charge in [-0.25, -0.2) is 9.78 Å². The Hall–Kier alpha value is -3.42. The molecule has 8 heteroatoms. The van der Waals surface area contributed by atoms with Gasteiger partial charge in [-0.05, 0) is 55.5 Å². The molecular weight excluding hydrogens is 430 g/mol. The predicted octanol–water partition coefficient (Wildman–Crippen LogP) is 4.31. The number of aliphatic carboxylic acids is 1. The number of benzene rings is 1. The molecule has 1 aromatic carbocycles. The molecule has 1 aliphatic heterocycles. The molecule has 3 aromatic rings. The van der Waals surface area contributed by atoms with Crippen LogP contribution in [0.3, 0.4) is 0 Å². The molecule has 8 nitrogen and oxygen atoms in total. The molecule has 180 valence electrons. The van der Waals surface area contributed by atoms with Crippen molar-refractivity contribution in [3.05, 3.63) is 53.9 Å². The molecule has 2 atom stereocenters. The van der Waals surface area contributed by atoms with E-state index in [0.717, 1.165) is 68.1 Å². The van der Waals surface area contributed by atoms with E-state index in [4.69, 9.17) is 0 Å². The first-order chi connectivity index (χ1) is 16.5.